The quantitative estimate of drug-likeness (QED) is 0.195. The van der Waals surface area contributed by atoms with E-state index in [4.69, 9.17) is 5.11 Å². The van der Waals surface area contributed by atoms with Crippen LogP contribution in [0.2, 0.25) is 0 Å². The van der Waals surface area contributed by atoms with Gasteiger partial charge in [0.15, 0.2) is 0 Å². The van der Waals surface area contributed by atoms with E-state index in [1.807, 2.05) is 13.8 Å². The lowest BCUT2D eigenvalue weighted by atomic mass is 9.92. The van der Waals surface area contributed by atoms with Gasteiger partial charge in [0.05, 0.1) is 29.1 Å². The van der Waals surface area contributed by atoms with Crippen molar-refractivity contribution >= 4 is 22.8 Å². The fourth-order valence-corrected chi connectivity index (χ4v) is 4.90. The SMILES string of the molecule is Cc1cc(C(F)(F)F)ccc1-c1ccc2nn(C(CC(C)C)c3ccc(C(=O)NCCC(=O)O)nc3)cc2c1C(F)(F)F. The molecule has 1 unspecified atom stereocenters. The third-order valence-electron chi connectivity index (χ3n) is 6.88. The van der Waals surface area contributed by atoms with Gasteiger partial charge in [-0.05, 0) is 65.8 Å². The summed E-state index contributed by atoms with van der Waals surface area (Å²) in [7, 11) is 0. The van der Waals surface area contributed by atoms with Gasteiger partial charge in [0.25, 0.3) is 5.91 Å². The van der Waals surface area contributed by atoms with Gasteiger partial charge in [-0.15, -0.1) is 0 Å². The Morgan fingerprint density at radius 3 is 2.23 bits per heavy atom. The summed E-state index contributed by atoms with van der Waals surface area (Å²) in [5, 5.41) is 15.4. The Hall–Kier alpha value is -4.42. The second-order valence-corrected chi connectivity index (χ2v) is 10.6. The number of amides is 1. The lowest BCUT2D eigenvalue weighted by Crippen LogP contribution is -2.27. The number of hydrogen-bond acceptors (Lipinski definition) is 4. The molecule has 0 saturated heterocycles. The molecule has 0 radical (unpaired) electrons. The molecular weight excluding hydrogens is 578 g/mol. The number of nitrogens with zero attached hydrogens (tertiary/aromatic N) is 3. The molecule has 2 heterocycles. The van der Waals surface area contributed by atoms with Crippen LogP contribution < -0.4 is 5.32 Å². The molecule has 0 aliphatic heterocycles. The second-order valence-electron chi connectivity index (χ2n) is 10.6. The smallest absolute Gasteiger partial charge is 0.417 e. The van der Waals surface area contributed by atoms with Gasteiger partial charge in [-0.3, -0.25) is 19.3 Å². The lowest BCUT2D eigenvalue weighted by Gasteiger charge is -2.20. The summed E-state index contributed by atoms with van der Waals surface area (Å²) in [6, 6.07) is 7.75. The van der Waals surface area contributed by atoms with E-state index in [9.17, 15) is 35.9 Å². The van der Waals surface area contributed by atoms with Crippen molar-refractivity contribution in [2.24, 2.45) is 5.92 Å². The Morgan fingerprint density at radius 1 is 0.977 bits per heavy atom. The standard InChI is InChI=1S/C30H28F6N4O3/c1-16(2)12-25(18-4-8-24(38-14-18)28(43)37-11-10-26(41)42)40-15-22-23(39-40)9-7-21(27(22)30(34,35)36)20-6-5-19(13-17(20)3)29(31,32)33/h4-9,13-16,25H,10-12H2,1-3H3,(H,37,43)(H,41,42). The fraction of sp³-hybridized carbons (Fsp3) is 0.333. The van der Waals surface area contributed by atoms with E-state index in [2.05, 4.69) is 15.4 Å². The highest BCUT2D eigenvalue weighted by molar-refractivity contribution is 5.92. The highest BCUT2D eigenvalue weighted by Crippen LogP contribution is 2.44. The number of carboxylic acid groups (broad SMARTS) is 1. The predicted molar refractivity (Wildman–Crippen MR) is 146 cm³/mol. The number of carbonyl (C=O) groups is 2. The van der Waals surface area contributed by atoms with Crippen LogP contribution in [0.25, 0.3) is 22.0 Å². The molecule has 0 saturated carbocycles. The molecule has 0 aliphatic rings. The average Bonchev–Trinajstić information content (AvgIpc) is 3.33. The second kappa shape index (κ2) is 12.1. The van der Waals surface area contributed by atoms with Crippen LogP contribution in [0.4, 0.5) is 26.3 Å². The first-order valence-electron chi connectivity index (χ1n) is 13.3. The van der Waals surface area contributed by atoms with E-state index >= 15 is 0 Å². The third kappa shape index (κ3) is 7.15. The Balaban J connectivity index is 1.77. The minimum absolute atomic E-state index is 0.0233. The van der Waals surface area contributed by atoms with Crippen molar-refractivity contribution in [1.29, 1.82) is 0 Å². The topological polar surface area (TPSA) is 97.1 Å². The minimum atomic E-state index is -4.84. The Bertz CT molecular complexity index is 1640. The molecule has 7 nitrogen and oxygen atoms in total. The summed E-state index contributed by atoms with van der Waals surface area (Å²) in [5.74, 6) is -1.55. The van der Waals surface area contributed by atoms with E-state index in [1.165, 1.54) is 42.2 Å². The maximum absolute atomic E-state index is 14.6. The van der Waals surface area contributed by atoms with Gasteiger partial charge in [0.1, 0.15) is 5.69 Å². The summed E-state index contributed by atoms with van der Waals surface area (Å²) < 4.78 is 84.7. The molecule has 0 aliphatic carbocycles. The number of aromatic nitrogens is 3. The number of halogens is 6. The summed E-state index contributed by atoms with van der Waals surface area (Å²) in [6.45, 7) is 5.12. The molecule has 13 heteroatoms. The number of carbonyl (C=O) groups excluding carboxylic acids is 1. The molecule has 1 amide bonds. The highest BCUT2D eigenvalue weighted by Gasteiger charge is 2.38. The lowest BCUT2D eigenvalue weighted by molar-refractivity contribution is -0.138. The van der Waals surface area contributed by atoms with Crippen molar-refractivity contribution in [3.8, 4) is 11.1 Å². The molecule has 1 atom stereocenters. The first kappa shape index (κ1) is 31.5. The number of pyridine rings is 1. The van der Waals surface area contributed by atoms with Gasteiger partial charge < -0.3 is 10.4 Å². The Kier molecular flexibility index (Phi) is 8.84. The van der Waals surface area contributed by atoms with Crippen LogP contribution >= 0.6 is 0 Å². The first-order valence-corrected chi connectivity index (χ1v) is 13.3. The number of rotatable bonds is 9. The van der Waals surface area contributed by atoms with Crippen molar-refractivity contribution in [1.82, 2.24) is 20.1 Å². The van der Waals surface area contributed by atoms with Gasteiger partial charge >= 0.3 is 18.3 Å². The number of carboxylic acids is 1. The predicted octanol–water partition coefficient (Wildman–Crippen LogP) is 7.28. The molecule has 0 bridgehead atoms. The van der Waals surface area contributed by atoms with Crippen molar-refractivity contribution in [3.05, 3.63) is 82.8 Å². The molecule has 0 spiro atoms. The number of benzene rings is 2. The largest absolute Gasteiger partial charge is 0.481 e. The molecule has 2 aromatic heterocycles. The molecule has 4 rings (SSSR count). The van der Waals surface area contributed by atoms with E-state index in [0.717, 1.165) is 18.2 Å². The zero-order chi connectivity index (χ0) is 31.7. The summed E-state index contributed by atoms with van der Waals surface area (Å²) >= 11 is 0. The summed E-state index contributed by atoms with van der Waals surface area (Å²) in [6.07, 6.45) is -6.57. The highest BCUT2D eigenvalue weighted by atomic mass is 19.4. The Morgan fingerprint density at radius 2 is 1.67 bits per heavy atom. The number of fused-ring (bicyclic) bond motifs is 1. The zero-order valence-corrected chi connectivity index (χ0v) is 23.3. The summed E-state index contributed by atoms with van der Waals surface area (Å²) in [5.41, 5.74) is -1.48. The zero-order valence-electron chi connectivity index (χ0n) is 23.3. The van der Waals surface area contributed by atoms with Crippen LogP contribution in [-0.2, 0) is 17.1 Å². The molecule has 43 heavy (non-hydrogen) atoms. The number of nitrogens with one attached hydrogen (secondary N) is 1. The van der Waals surface area contributed by atoms with Gasteiger partial charge in [-0.1, -0.05) is 32.0 Å². The monoisotopic (exact) mass is 606 g/mol. The van der Waals surface area contributed by atoms with Crippen molar-refractivity contribution in [2.45, 2.75) is 52.0 Å². The van der Waals surface area contributed by atoms with E-state index in [-0.39, 0.29) is 52.2 Å². The van der Waals surface area contributed by atoms with Gasteiger partial charge in [0.2, 0.25) is 0 Å². The van der Waals surface area contributed by atoms with Crippen molar-refractivity contribution < 1.29 is 41.0 Å². The van der Waals surface area contributed by atoms with Crippen molar-refractivity contribution in [3.63, 3.8) is 0 Å². The molecule has 0 fully saturated rings. The van der Waals surface area contributed by atoms with Gasteiger partial charge in [0, 0.05) is 24.3 Å². The fourth-order valence-electron chi connectivity index (χ4n) is 4.90. The number of aliphatic carboxylic acids is 1. The third-order valence-corrected chi connectivity index (χ3v) is 6.88. The van der Waals surface area contributed by atoms with E-state index < -0.39 is 41.4 Å². The maximum Gasteiger partial charge on any atom is 0.417 e. The molecule has 228 valence electrons. The molecule has 2 aromatic carbocycles. The number of alkyl halides is 6. The van der Waals surface area contributed by atoms with Crippen LogP contribution in [-0.4, -0.2) is 38.3 Å². The van der Waals surface area contributed by atoms with Crippen LogP contribution in [0.5, 0.6) is 0 Å². The molecule has 2 N–H and O–H groups in total. The molecule has 4 aromatic rings. The van der Waals surface area contributed by atoms with Crippen LogP contribution in [0.15, 0.2) is 54.9 Å². The molecular formula is C30H28F6N4O3. The van der Waals surface area contributed by atoms with Crippen molar-refractivity contribution in [2.75, 3.05) is 6.54 Å². The number of hydrogen-bond donors (Lipinski definition) is 2. The number of aryl methyl sites for hydroxylation is 1. The maximum atomic E-state index is 14.6. The van der Waals surface area contributed by atoms with Gasteiger partial charge in [-0.2, -0.15) is 31.4 Å². The Labute approximate surface area is 242 Å². The minimum Gasteiger partial charge on any atom is -0.481 e. The first-order chi connectivity index (χ1) is 20.1. The van der Waals surface area contributed by atoms with E-state index in [0.29, 0.717) is 12.0 Å². The van der Waals surface area contributed by atoms with Crippen LogP contribution in [0.3, 0.4) is 0 Å². The normalized spacial score (nSPS) is 13.0. The van der Waals surface area contributed by atoms with Crippen LogP contribution in [0, 0.1) is 12.8 Å². The average molecular weight is 607 g/mol. The summed E-state index contributed by atoms with van der Waals surface area (Å²) in [4.78, 5) is 27.1. The van der Waals surface area contributed by atoms with Gasteiger partial charge in [-0.25, -0.2) is 0 Å². The van der Waals surface area contributed by atoms with Crippen LogP contribution in [0.1, 0.15) is 65.5 Å². The van der Waals surface area contributed by atoms with E-state index in [1.54, 1.807) is 6.07 Å².